The maximum Gasteiger partial charge on any atom is 0.238 e. The van der Waals surface area contributed by atoms with Gasteiger partial charge in [0.25, 0.3) is 0 Å². The third-order valence-electron chi connectivity index (χ3n) is 2.77. The minimum atomic E-state index is -0.171. The first-order valence-corrected chi connectivity index (χ1v) is 5.53. The molecule has 1 fully saturated rings. The van der Waals surface area contributed by atoms with Crippen molar-refractivity contribution < 1.29 is 4.79 Å². The molecule has 16 heavy (non-hydrogen) atoms. The van der Waals surface area contributed by atoms with Gasteiger partial charge in [0, 0.05) is 6.04 Å². The molecule has 0 unspecified atom stereocenters. The van der Waals surface area contributed by atoms with Crippen molar-refractivity contribution in [3.05, 3.63) is 0 Å². The predicted octanol–water partition coefficient (Wildman–Crippen LogP) is 0.394. The van der Waals surface area contributed by atoms with Gasteiger partial charge < -0.3 is 10.2 Å². The number of amides is 1. The summed E-state index contributed by atoms with van der Waals surface area (Å²) in [5.41, 5.74) is 0. The van der Waals surface area contributed by atoms with Gasteiger partial charge >= 0.3 is 0 Å². The van der Waals surface area contributed by atoms with Gasteiger partial charge in [0.05, 0.1) is 18.7 Å². The molecule has 0 bridgehead atoms. The molecule has 0 radical (unpaired) electrons. The standard InChI is InChI=1S/C11H16N4O/c12-5-7-15(8-6-13)11(16)9-14-10-3-1-2-4-10/h10,14H,1-4,7-9H2. The van der Waals surface area contributed by atoms with E-state index in [1.54, 1.807) is 0 Å². The molecule has 0 heterocycles. The van der Waals surface area contributed by atoms with Crippen LogP contribution in [0.25, 0.3) is 0 Å². The van der Waals surface area contributed by atoms with Gasteiger partial charge in [-0.15, -0.1) is 0 Å². The fourth-order valence-electron chi connectivity index (χ4n) is 1.88. The van der Waals surface area contributed by atoms with Crippen LogP contribution in [0.1, 0.15) is 25.7 Å². The van der Waals surface area contributed by atoms with Gasteiger partial charge in [0.1, 0.15) is 13.1 Å². The Bertz CT molecular complexity index is 293. The van der Waals surface area contributed by atoms with Crippen LogP contribution in [0.4, 0.5) is 0 Å². The smallest absolute Gasteiger partial charge is 0.238 e. The zero-order valence-electron chi connectivity index (χ0n) is 9.28. The molecule has 1 rings (SSSR count). The summed E-state index contributed by atoms with van der Waals surface area (Å²) in [5.74, 6) is -0.171. The Morgan fingerprint density at radius 1 is 1.25 bits per heavy atom. The number of hydrogen-bond donors (Lipinski definition) is 1. The highest BCUT2D eigenvalue weighted by Gasteiger charge is 2.17. The van der Waals surface area contributed by atoms with Crippen LogP contribution in [0.5, 0.6) is 0 Å². The topological polar surface area (TPSA) is 79.9 Å². The fraction of sp³-hybridized carbons (Fsp3) is 0.727. The third-order valence-corrected chi connectivity index (χ3v) is 2.77. The van der Waals surface area contributed by atoms with Crippen LogP contribution >= 0.6 is 0 Å². The van der Waals surface area contributed by atoms with Crippen molar-refractivity contribution >= 4 is 5.91 Å². The molecule has 0 atom stereocenters. The first kappa shape index (κ1) is 12.5. The summed E-state index contributed by atoms with van der Waals surface area (Å²) in [7, 11) is 0. The lowest BCUT2D eigenvalue weighted by molar-refractivity contribution is -0.129. The second-order valence-corrected chi connectivity index (χ2v) is 3.93. The van der Waals surface area contributed by atoms with Crippen LogP contribution in [-0.4, -0.2) is 36.5 Å². The summed E-state index contributed by atoms with van der Waals surface area (Å²) < 4.78 is 0. The monoisotopic (exact) mass is 220 g/mol. The predicted molar refractivity (Wildman–Crippen MR) is 58.1 cm³/mol. The maximum atomic E-state index is 11.6. The molecule has 1 aliphatic rings. The zero-order chi connectivity index (χ0) is 11.8. The molecule has 5 nitrogen and oxygen atoms in total. The first-order chi connectivity index (χ1) is 7.77. The quantitative estimate of drug-likeness (QED) is 0.680. The van der Waals surface area contributed by atoms with Gasteiger partial charge in [-0.05, 0) is 12.8 Å². The lowest BCUT2D eigenvalue weighted by atomic mass is 10.2. The molecule has 86 valence electrons. The van der Waals surface area contributed by atoms with Gasteiger partial charge in [-0.2, -0.15) is 10.5 Å². The number of nitriles is 2. The van der Waals surface area contributed by atoms with E-state index < -0.39 is 0 Å². The number of carbonyl (C=O) groups excluding carboxylic acids is 1. The van der Waals surface area contributed by atoms with Crippen LogP contribution in [0.3, 0.4) is 0 Å². The van der Waals surface area contributed by atoms with Crippen molar-refractivity contribution in [3.8, 4) is 12.1 Å². The Balaban J connectivity index is 2.31. The average molecular weight is 220 g/mol. The normalized spacial score (nSPS) is 15.4. The van der Waals surface area contributed by atoms with Crippen molar-refractivity contribution in [2.75, 3.05) is 19.6 Å². The molecule has 1 saturated carbocycles. The Morgan fingerprint density at radius 2 is 1.81 bits per heavy atom. The third kappa shape index (κ3) is 3.88. The Hall–Kier alpha value is -1.59. The lowest BCUT2D eigenvalue weighted by Gasteiger charge is -2.18. The van der Waals surface area contributed by atoms with Gasteiger partial charge in [0.2, 0.25) is 5.91 Å². The van der Waals surface area contributed by atoms with E-state index in [-0.39, 0.29) is 25.5 Å². The van der Waals surface area contributed by atoms with Crippen molar-refractivity contribution in [2.45, 2.75) is 31.7 Å². The van der Waals surface area contributed by atoms with Crippen molar-refractivity contribution in [1.29, 1.82) is 10.5 Å². The van der Waals surface area contributed by atoms with Crippen molar-refractivity contribution in [3.63, 3.8) is 0 Å². The number of carbonyl (C=O) groups is 1. The number of hydrogen-bond acceptors (Lipinski definition) is 4. The summed E-state index contributed by atoms with van der Waals surface area (Å²) in [6, 6.07) is 4.20. The van der Waals surface area contributed by atoms with E-state index in [1.807, 2.05) is 12.1 Å². The SMILES string of the molecule is N#CCN(CC#N)C(=O)CNC1CCCC1. The molecule has 0 aromatic carbocycles. The zero-order valence-corrected chi connectivity index (χ0v) is 9.28. The van der Waals surface area contributed by atoms with Gasteiger partial charge in [-0.1, -0.05) is 12.8 Å². The largest absolute Gasteiger partial charge is 0.315 e. The molecule has 0 saturated heterocycles. The lowest BCUT2D eigenvalue weighted by Crippen LogP contribution is -2.41. The molecule has 0 aliphatic heterocycles. The fourth-order valence-corrected chi connectivity index (χ4v) is 1.88. The van der Waals surface area contributed by atoms with E-state index in [9.17, 15) is 4.79 Å². The van der Waals surface area contributed by atoms with Crippen LogP contribution in [0, 0.1) is 22.7 Å². The van der Waals surface area contributed by atoms with Crippen LogP contribution < -0.4 is 5.32 Å². The first-order valence-electron chi connectivity index (χ1n) is 5.53. The molecular formula is C11H16N4O. The molecular weight excluding hydrogens is 204 g/mol. The summed E-state index contributed by atoms with van der Waals surface area (Å²) in [5, 5.41) is 20.2. The van der Waals surface area contributed by atoms with E-state index in [0.717, 1.165) is 12.8 Å². The Kier molecular flexibility index (Phi) is 5.31. The molecule has 0 aromatic rings. The number of rotatable bonds is 5. The van der Waals surface area contributed by atoms with Crippen molar-refractivity contribution in [1.82, 2.24) is 10.2 Å². The van der Waals surface area contributed by atoms with E-state index in [1.165, 1.54) is 17.7 Å². The molecule has 1 aliphatic carbocycles. The summed E-state index contributed by atoms with van der Waals surface area (Å²) in [6.45, 7) is 0.200. The van der Waals surface area contributed by atoms with E-state index in [2.05, 4.69) is 5.32 Å². The number of nitrogens with zero attached hydrogens (tertiary/aromatic N) is 3. The summed E-state index contributed by atoms with van der Waals surface area (Å²) >= 11 is 0. The molecule has 5 heteroatoms. The second-order valence-electron chi connectivity index (χ2n) is 3.93. The second kappa shape index (κ2) is 6.81. The van der Waals surface area contributed by atoms with Crippen LogP contribution in [0.2, 0.25) is 0 Å². The van der Waals surface area contributed by atoms with Gasteiger partial charge in [-0.25, -0.2) is 0 Å². The van der Waals surface area contributed by atoms with E-state index >= 15 is 0 Å². The minimum Gasteiger partial charge on any atom is -0.315 e. The van der Waals surface area contributed by atoms with E-state index in [4.69, 9.17) is 10.5 Å². The van der Waals surface area contributed by atoms with Crippen LogP contribution in [-0.2, 0) is 4.79 Å². The molecule has 1 amide bonds. The Labute approximate surface area is 95.6 Å². The highest BCUT2D eigenvalue weighted by Crippen LogP contribution is 2.17. The highest BCUT2D eigenvalue weighted by atomic mass is 16.2. The van der Waals surface area contributed by atoms with Gasteiger partial charge in [0.15, 0.2) is 0 Å². The minimum absolute atomic E-state index is 0.0151. The van der Waals surface area contributed by atoms with E-state index in [0.29, 0.717) is 6.04 Å². The summed E-state index contributed by atoms with van der Waals surface area (Å²) in [4.78, 5) is 12.9. The molecule has 0 spiro atoms. The average Bonchev–Trinajstić information content (AvgIpc) is 2.78. The van der Waals surface area contributed by atoms with Crippen molar-refractivity contribution in [2.24, 2.45) is 0 Å². The van der Waals surface area contributed by atoms with Crippen LogP contribution in [0.15, 0.2) is 0 Å². The maximum absolute atomic E-state index is 11.6. The highest BCUT2D eigenvalue weighted by molar-refractivity contribution is 5.78. The number of nitrogens with one attached hydrogen (secondary N) is 1. The molecule has 0 aromatic heterocycles. The summed E-state index contributed by atoms with van der Waals surface area (Å²) in [6.07, 6.45) is 4.66. The molecule has 1 N–H and O–H groups in total. The van der Waals surface area contributed by atoms with Gasteiger partial charge in [-0.3, -0.25) is 4.79 Å². The Morgan fingerprint density at radius 3 is 2.31 bits per heavy atom.